The smallest absolute Gasteiger partial charge is 0.267 e. The zero-order valence-electron chi connectivity index (χ0n) is 6.90. The Kier molecular flexibility index (Phi) is 2.58. The summed E-state index contributed by atoms with van der Waals surface area (Å²) in [6.07, 6.45) is 0. The van der Waals surface area contributed by atoms with Gasteiger partial charge >= 0.3 is 0 Å². The van der Waals surface area contributed by atoms with E-state index in [-0.39, 0.29) is 5.91 Å². The molecular weight excluding hydrogens is 152 g/mol. The van der Waals surface area contributed by atoms with Gasteiger partial charge in [-0.15, -0.1) is 0 Å². The van der Waals surface area contributed by atoms with E-state index in [9.17, 15) is 4.79 Å². The maximum Gasteiger partial charge on any atom is 0.273 e. The molecule has 0 spiro atoms. The van der Waals surface area contributed by atoms with Crippen LogP contribution in [0.2, 0.25) is 0 Å². The zero-order chi connectivity index (χ0) is 8.97. The number of amides is 1. The van der Waals surface area contributed by atoms with E-state index < -0.39 is 0 Å². The molecule has 0 radical (unpaired) electrons. The maximum absolute atomic E-state index is 11.4. The first-order valence-electron chi connectivity index (χ1n) is 3.55. The minimum atomic E-state index is -0.148. The lowest BCUT2D eigenvalue weighted by Gasteiger charge is -2.08. The Morgan fingerprint density at radius 3 is 2.50 bits per heavy atom. The van der Waals surface area contributed by atoms with Gasteiger partial charge in [0.25, 0.3) is 5.91 Å². The van der Waals surface area contributed by atoms with Crippen molar-refractivity contribution >= 4 is 12.6 Å². The molecule has 1 aromatic rings. The summed E-state index contributed by atoms with van der Waals surface area (Å²) in [4.78, 5) is 11.4. The van der Waals surface area contributed by atoms with Gasteiger partial charge in [0.15, 0.2) is 0 Å². The average Bonchev–Trinajstić information content (AvgIpc) is 2.17. The van der Waals surface area contributed by atoms with Crippen molar-refractivity contribution in [2.24, 2.45) is 5.10 Å². The first-order chi connectivity index (χ1) is 5.75. The van der Waals surface area contributed by atoms with Crippen LogP contribution in [-0.4, -0.2) is 24.7 Å². The van der Waals surface area contributed by atoms with E-state index >= 15 is 0 Å². The second kappa shape index (κ2) is 3.67. The van der Waals surface area contributed by atoms with Crippen LogP contribution in [0.5, 0.6) is 0 Å². The minimum absolute atomic E-state index is 0.148. The number of carbonyl (C=O) groups is 1. The molecule has 3 heteroatoms. The minimum Gasteiger partial charge on any atom is -0.267 e. The summed E-state index contributed by atoms with van der Waals surface area (Å²) in [6, 6.07) is 8.96. The van der Waals surface area contributed by atoms with Crippen LogP contribution in [0.4, 0.5) is 0 Å². The Balaban J connectivity index is 2.85. The summed E-state index contributed by atoms with van der Waals surface area (Å²) in [7, 11) is 1.57. The first-order valence-corrected chi connectivity index (χ1v) is 3.55. The highest BCUT2D eigenvalue weighted by atomic mass is 16.2. The quantitative estimate of drug-likeness (QED) is 0.477. The van der Waals surface area contributed by atoms with Crippen LogP contribution in [-0.2, 0) is 0 Å². The molecule has 0 heterocycles. The lowest BCUT2D eigenvalue weighted by atomic mass is 10.2. The van der Waals surface area contributed by atoms with E-state index in [1.54, 1.807) is 19.2 Å². The predicted octanol–water partition coefficient (Wildman–Crippen LogP) is 1.37. The Hall–Kier alpha value is -1.64. The molecule has 1 amide bonds. The third-order valence-corrected chi connectivity index (χ3v) is 1.53. The summed E-state index contributed by atoms with van der Waals surface area (Å²) < 4.78 is 0. The van der Waals surface area contributed by atoms with Crippen molar-refractivity contribution in [2.45, 2.75) is 0 Å². The van der Waals surface area contributed by atoms with Crippen molar-refractivity contribution in [1.82, 2.24) is 5.01 Å². The number of carbonyl (C=O) groups excluding carboxylic acids is 1. The van der Waals surface area contributed by atoms with Crippen LogP contribution in [0, 0.1) is 0 Å². The van der Waals surface area contributed by atoms with Crippen molar-refractivity contribution in [3.05, 3.63) is 35.9 Å². The first kappa shape index (κ1) is 8.46. The Labute approximate surface area is 71.3 Å². The molecule has 0 N–H and O–H groups in total. The molecular formula is C9H10N2O. The molecule has 0 saturated carbocycles. The predicted molar refractivity (Wildman–Crippen MR) is 48.1 cm³/mol. The second-order valence-corrected chi connectivity index (χ2v) is 2.34. The van der Waals surface area contributed by atoms with Crippen LogP contribution in [0.25, 0.3) is 0 Å². The van der Waals surface area contributed by atoms with Crippen molar-refractivity contribution < 1.29 is 4.79 Å². The van der Waals surface area contributed by atoms with Crippen molar-refractivity contribution in [2.75, 3.05) is 7.05 Å². The summed E-state index contributed by atoms with van der Waals surface area (Å²) in [5, 5.41) is 4.70. The van der Waals surface area contributed by atoms with Crippen LogP contribution in [0.15, 0.2) is 35.4 Å². The summed E-state index contributed by atoms with van der Waals surface area (Å²) in [5.41, 5.74) is 0.618. The molecule has 0 saturated heterocycles. The molecule has 12 heavy (non-hydrogen) atoms. The fraction of sp³-hybridized carbons (Fsp3) is 0.111. The Bertz CT molecular complexity index is 282. The van der Waals surface area contributed by atoms with Crippen molar-refractivity contribution in [3.63, 3.8) is 0 Å². The normalized spacial score (nSPS) is 9.08. The molecule has 0 aromatic heterocycles. The molecule has 1 aromatic carbocycles. The SMILES string of the molecule is C=NN(C)C(=O)c1ccccc1. The van der Waals surface area contributed by atoms with Crippen LogP contribution in [0.3, 0.4) is 0 Å². The molecule has 0 fully saturated rings. The summed E-state index contributed by atoms with van der Waals surface area (Å²) >= 11 is 0. The number of hydrogen-bond donors (Lipinski definition) is 0. The van der Waals surface area contributed by atoms with Gasteiger partial charge in [-0.1, -0.05) is 18.2 Å². The lowest BCUT2D eigenvalue weighted by Crippen LogP contribution is -2.20. The van der Waals surface area contributed by atoms with Gasteiger partial charge < -0.3 is 0 Å². The molecule has 1 rings (SSSR count). The van der Waals surface area contributed by atoms with Gasteiger partial charge in [-0.05, 0) is 12.1 Å². The standard InChI is InChI=1S/C9H10N2O/c1-10-11(2)9(12)8-6-4-3-5-7-8/h3-7H,1H2,2H3. The molecule has 0 atom stereocenters. The summed E-state index contributed by atoms with van der Waals surface area (Å²) in [5.74, 6) is -0.148. The number of rotatable bonds is 2. The Morgan fingerprint density at radius 1 is 1.42 bits per heavy atom. The summed E-state index contributed by atoms with van der Waals surface area (Å²) in [6.45, 7) is 3.26. The van der Waals surface area contributed by atoms with E-state index in [2.05, 4.69) is 11.8 Å². The molecule has 0 bridgehead atoms. The molecule has 0 unspecified atom stereocenters. The zero-order valence-corrected chi connectivity index (χ0v) is 6.90. The highest BCUT2D eigenvalue weighted by Gasteiger charge is 2.07. The number of hydrazone groups is 1. The van der Waals surface area contributed by atoms with Gasteiger partial charge in [0.2, 0.25) is 0 Å². The third kappa shape index (κ3) is 1.69. The van der Waals surface area contributed by atoms with Gasteiger partial charge in [-0.3, -0.25) is 4.79 Å². The molecule has 0 aliphatic heterocycles. The third-order valence-electron chi connectivity index (χ3n) is 1.53. The largest absolute Gasteiger partial charge is 0.273 e. The monoisotopic (exact) mass is 162 g/mol. The van der Waals surface area contributed by atoms with Gasteiger partial charge in [0.1, 0.15) is 0 Å². The van der Waals surface area contributed by atoms with Gasteiger partial charge in [0.05, 0.1) is 0 Å². The van der Waals surface area contributed by atoms with Crippen LogP contribution < -0.4 is 0 Å². The maximum atomic E-state index is 11.4. The van der Waals surface area contributed by atoms with E-state index in [0.29, 0.717) is 5.56 Å². The molecule has 3 nitrogen and oxygen atoms in total. The molecule has 0 aliphatic rings. The van der Waals surface area contributed by atoms with E-state index in [1.165, 1.54) is 5.01 Å². The van der Waals surface area contributed by atoms with Gasteiger partial charge in [-0.2, -0.15) is 5.10 Å². The average molecular weight is 162 g/mol. The highest BCUT2D eigenvalue weighted by molar-refractivity contribution is 5.93. The van der Waals surface area contributed by atoms with Gasteiger partial charge in [0, 0.05) is 19.3 Å². The van der Waals surface area contributed by atoms with E-state index in [0.717, 1.165) is 0 Å². The van der Waals surface area contributed by atoms with Gasteiger partial charge in [-0.25, -0.2) is 5.01 Å². The Morgan fingerprint density at radius 2 is 2.00 bits per heavy atom. The molecule has 0 aliphatic carbocycles. The number of benzene rings is 1. The van der Waals surface area contributed by atoms with E-state index in [1.807, 2.05) is 18.2 Å². The van der Waals surface area contributed by atoms with E-state index in [4.69, 9.17) is 0 Å². The topological polar surface area (TPSA) is 32.7 Å². The fourth-order valence-electron chi connectivity index (χ4n) is 0.832. The second-order valence-electron chi connectivity index (χ2n) is 2.34. The number of nitrogens with zero attached hydrogens (tertiary/aromatic N) is 2. The van der Waals surface area contributed by atoms with Crippen molar-refractivity contribution in [1.29, 1.82) is 0 Å². The van der Waals surface area contributed by atoms with Crippen LogP contribution in [0.1, 0.15) is 10.4 Å². The molecule has 62 valence electrons. The van der Waals surface area contributed by atoms with Crippen LogP contribution >= 0.6 is 0 Å². The lowest BCUT2D eigenvalue weighted by molar-refractivity contribution is 0.0801. The number of hydrogen-bond acceptors (Lipinski definition) is 2. The van der Waals surface area contributed by atoms with Crippen molar-refractivity contribution in [3.8, 4) is 0 Å². The fourth-order valence-corrected chi connectivity index (χ4v) is 0.832. The highest BCUT2D eigenvalue weighted by Crippen LogP contribution is 2.02.